The van der Waals surface area contributed by atoms with Crippen LogP contribution in [0.1, 0.15) is 26.7 Å². The Labute approximate surface area is 86.4 Å². The second-order valence-corrected chi connectivity index (χ2v) is 3.28. The number of hydrogen-bond acceptors (Lipinski definition) is 3. The van der Waals surface area contributed by atoms with Crippen molar-refractivity contribution in [2.45, 2.75) is 32.8 Å². The molecule has 14 heavy (non-hydrogen) atoms. The fraction of sp³-hybridized carbons (Fsp3) is 0.900. The van der Waals surface area contributed by atoms with Gasteiger partial charge in [0.2, 0.25) is 5.91 Å². The van der Waals surface area contributed by atoms with Crippen molar-refractivity contribution < 1.29 is 9.53 Å². The number of likely N-dealkylation sites (N-methyl/N-ethyl adjacent to an activating group) is 1. The average molecular weight is 202 g/mol. The Kier molecular flexibility index (Phi) is 8.57. The largest absolute Gasteiger partial charge is 0.377 e. The molecule has 0 aromatic rings. The van der Waals surface area contributed by atoms with Gasteiger partial charge in [0.05, 0.1) is 12.7 Å². The fourth-order valence-corrected chi connectivity index (χ4v) is 0.985. The van der Waals surface area contributed by atoms with E-state index in [0.717, 1.165) is 19.6 Å². The maximum absolute atomic E-state index is 10.9. The van der Waals surface area contributed by atoms with Crippen molar-refractivity contribution in [3.8, 4) is 0 Å². The summed E-state index contributed by atoms with van der Waals surface area (Å²) in [7, 11) is 1.90. The minimum absolute atomic E-state index is 0.104. The van der Waals surface area contributed by atoms with Crippen LogP contribution in [0.2, 0.25) is 0 Å². The number of amides is 1. The van der Waals surface area contributed by atoms with Gasteiger partial charge in [-0.05, 0) is 20.4 Å². The first-order chi connectivity index (χ1) is 6.70. The van der Waals surface area contributed by atoms with Crippen molar-refractivity contribution in [2.75, 3.05) is 26.7 Å². The van der Waals surface area contributed by atoms with E-state index in [1.165, 1.54) is 0 Å². The van der Waals surface area contributed by atoms with E-state index < -0.39 is 0 Å². The lowest BCUT2D eigenvalue weighted by molar-refractivity contribution is -0.120. The van der Waals surface area contributed by atoms with Crippen molar-refractivity contribution in [3.63, 3.8) is 0 Å². The van der Waals surface area contributed by atoms with E-state index in [2.05, 4.69) is 10.6 Å². The molecule has 1 amide bonds. The summed E-state index contributed by atoms with van der Waals surface area (Å²) in [4.78, 5) is 10.9. The fourth-order valence-electron chi connectivity index (χ4n) is 0.985. The molecule has 4 heteroatoms. The van der Waals surface area contributed by atoms with Crippen molar-refractivity contribution in [1.82, 2.24) is 10.6 Å². The molecule has 84 valence electrons. The lowest BCUT2D eigenvalue weighted by atomic mass is 10.3. The summed E-state index contributed by atoms with van der Waals surface area (Å²) in [5.41, 5.74) is 0. The van der Waals surface area contributed by atoms with Gasteiger partial charge in [0, 0.05) is 19.5 Å². The monoisotopic (exact) mass is 202 g/mol. The Hall–Kier alpha value is -0.610. The molecule has 0 rings (SSSR count). The molecule has 0 aliphatic rings. The van der Waals surface area contributed by atoms with Crippen molar-refractivity contribution in [3.05, 3.63) is 0 Å². The molecule has 0 aliphatic carbocycles. The van der Waals surface area contributed by atoms with Gasteiger partial charge in [-0.1, -0.05) is 6.92 Å². The predicted octanol–water partition coefficient (Wildman–Crippen LogP) is 0.527. The van der Waals surface area contributed by atoms with Gasteiger partial charge in [-0.15, -0.1) is 0 Å². The summed E-state index contributed by atoms with van der Waals surface area (Å²) in [6.07, 6.45) is 1.63. The van der Waals surface area contributed by atoms with Crippen LogP contribution in [0.4, 0.5) is 0 Å². The van der Waals surface area contributed by atoms with E-state index in [4.69, 9.17) is 4.74 Å². The zero-order valence-corrected chi connectivity index (χ0v) is 9.43. The van der Waals surface area contributed by atoms with Gasteiger partial charge >= 0.3 is 0 Å². The number of rotatable bonds is 8. The van der Waals surface area contributed by atoms with E-state index in [1.807, 2.05) is 20.9 Å². The molecule has 0 spiro atoms. The summed E-state index contributed by atoms with van der Waals surface area (Å²) in [5, 5.41) is 5.83. The Balaban J connectivity index is 3.26. The second-order valence-electron chi connectivity index (χ2n) is 3.28. The Morgan fingerprint density at radius 1 is 1.43 bits per heavy atom. The van der Waals surface area contributed by atoms with Crippen LogP contribution in [0.5, 0.6) is 0 Å². The Morgan fingerprint density at radius 3 is 2.71 bits per heavy atom. The molecule has 0 saturated carbocycles. The Morgan fingerprint density at radius 2 is 2.14 bits per heavy atom. The van der Waals surface area contributed by atoms with Crippen LogP contribution in [0.15, 0.2) is 0 Å². The van der Waals surface area contributed by atoms with E-state index in [1.54, 1.807) is 0 Å². The number of carbonyl (C=O) groups excluding carboxylic acids is 1. The number of carbonyl (C=O) groups is 1. The molecule has 1 atom stereocenters. The number of hydrogen-bond donors (Lipinski definition) is 2. The maximum atomic E-state index is 10.9. The standard InChI is InChI=1S/C10H22N2O2/c1-4-10(13)12-6-5-9(2)14-8-7-11-3/h9,11H,4-8H2,1-3H3,(H,12,13). The lowest BCUT2D eigenvalue weighted by Gasteiger charge is -2.12. The topological polar surface area (TPSA) is 50.4 Å². The van der Waals surface area contributed by atoms with Crippen LogP contribution < -0.4 is 10.6 Å². The molecule has 0 heterocycles. The van der Waals surface area contributed by atoms with Crippen LogP contribution >= 0.6 is 0 Å². The zero-order valence-electron chi connectivity index (χ0n) is 9.43. The van der Waals surface area contributed by atoms with E-state index in [9.17, 15) is 4.79 Å². The zero-order chi connectivity index (χ0) is 10.8. The van der Waals surface area contributed by atoms with Gasteiger partial charge in [0.1, 0.15) is 0 Å². The normalized spacial score (nSPS) is 12.5. The minimum atomic E-state index is 0.104. The summed E-state index contributed by atoms with van der Waals surface area (Å²) in [5.74, 6) is 0.104. The third-order valence-electron chi connectivity index (χ3n) is 1.95. The van der Waals surface area contributed by atoms with Gasteiger partial charge in [0.15, 0.2) is 0 Å². The molecule has 2 N–H and O–H groups in total. The van der Waals surface area contributed by atoms with Gasteiger partial charge in [-0.25, -0.2) is 0 Å². The molecule has 1 unspecified atom stereocenters. The Bertz CT molecular complexity index is 151. The second kappa shape index (κ2) is 8.97. The summed E-state index contributed by atoms with van der Waals surface area (Å²) < 4.78 is 5.48. The molecular formula is C10H22N2O2. The first-order valence-electron chi connectivity index (χ1n) is 5.23. The summed E-state index contributed by atoms with van der Waals surface area (Å²) >= 11 is 0. The maximum Gasteiger partial charge on any atom is 0.219 e. The average Bonchev–Trinajstić information content (AvgIpc) is 2.18. The molecule has 0 aromatic heterocycles. The molecule has 0 saturated heterocycles. The van der Waals surface area contributed by atoms with E-state index in [-0.39, 0.29) is 12.0 Å². The van der Waals surface area contributed by atoms with Gasteiger partial charge < -0.3 is 15.4 Å². The highest BCUT2D eigenvalue weighted by molar-refractivity contribution is 5.75. The SMILES string of the molecule is CCC(=O)NCCC(C)OCCNC. The molecule has 4 nitrogen and oxygen atoms in total. The lowest BCUT2D eigenvalue weighted by Crippen LogP contribution is -2.27. The first kappa shape index (κ1) is 13.4. The highest BCUT2D eigenvalue weighted by Gasteiger charge is 2.02. The van der Waals surface area contributed by atoms with Crippen LogP contribution in [-0.4, -0.2) is 38.8 Å². The molecule has 0 aromatic carbocycles. The third-order valence-corrected chi connectivity index (χ3v) is 1.95. The van der Waals surface area contributed by atoms with Gasteiger partial charge in [0.25, 0.3) is 0 Å². The van der Waals surface area contributed by atoms with Crippen molar-refractivity contribution >= 4 is 5.91 Å². The predicted molar refractivity (Wildman–Crippen MR) is 57.3 cm³/mol. The van der Waals surface area contributed by atoms with Gasteiger partial charge in [-0.2, -0.15) is 0 Å². The quantitative estimate of drug-likeness (QED) is 0.564. The smallest absolute Gasteiger partial charge is 0.219 e. The molecule has 0 radical (unpaired) electrons. The molecule has 0 bridgehead atoms. The van der Waals surface area contributed by atoms with Crippen molar-refractivity contribution in [2.24, 2.45) is 0 Å². The van der Waals surface area contributed by atoms with E-state index >= 15 is 0 Å². The van der Waals surface area contributed by atoms with E-state index in [0.29, 0.717) is 13.0 Å². The molecular weight excluding hydrogens is 180 g/mol. The third kappa shape index (κ3) is 8.01. The number of ether oxygens (including phenoxy) is 1. The highest BCUT2D eigenvalue weighted by Crippen LogP contribution is 1.95. The van der Waals surface area contributed by atoms with Gasteiger partial charge in [-0.3, -0.25) is 4.79 Å². The van der Waals surface area contributed by atoms with Crippen LogP contribution in [0, 0.1) is 0 Å². The summed E-state index contributed by atoms with van der Waals surface area (Å²) in [6, 6.07) is 0. The first-order valence-corrected chi connectivity index (χ1v) is 5.23. The van der Waals surface area contributed by atoms with Crippen LogP contribution in [0.3, 0.4) is 0 Å². The minimum Gasteiger partial charge on any atom is -0.377 e. The molecule has 0 fully saturated rings. The number of nitrogens with one attached hydrogen (secondary N) is 2. The highest BCUT2D eigenvalue weighted by atomic mass is 16.5. The van der Waals surface area contributed by atoms with Crippen molar-refractivity contribution in [1.29, 1.82) is 0 Å². The summed E-state index contributed by atoms with van der Waals surface area (Å²) in [6.45, 7) is 6.16. The van der Waals surface area contributed by atoms with Crippen LogP contribution in [-0.2, 0) is 9.53 Å². The molecule has 0 aliphatic heterocycles. The van der Waals surface area contributed by atoms with Crippen LogP contribution in [0.25, 0.3) is 0 Å².